The zero-order valence-corrected chi connectivity index (χ0v) is 26.8. The van der Waals surface area contributed by atoms with Gasteiger partial charge in [-0.3, -0.25) is 24.4 Å². The molecule has 46 heavy (non-hydrogen) atoms. The van der Waals surface area contributed by atoms with Gasteiger partial charge in [0.05, 0.1) is 5.69 Å². The Balaban J connectivity index is 1.38. The van der Waals surface area contributed by atoms with Crippen molar-refractivity contribution < 1.29 is 32.3 Å². The average Bonchev–Trinajstić information content (AvgIpc) is 3.27. The number of nitrogens with one attached hydrogen (secondary N) is 3. The fourth-order valence-corrected chi connectivity index (χ4v) is 5.46. The summed E-state index contributed by atoms with van der Waals surface area (Å²) in [6.07, 6.45) is -4.83. The van der Waals surface area contributed by atoms with E-state index in [0.717, 1.165) is 40.1 Å². The zero-order valence-electron chi connectivity index (χ0n) is 25.9. The number of nitrogens with zero attached hydrogens (tertiary/aromatic N) is 3. The van der Waals surface area contributed by atoms with Crippen molar-refractivity contribution in [2.75, 3.05) is 17.3 Å². The molecule has 14 heteroatoms. The number of benzene rings is 3. The highest BCUT2D eigenvalue weighted by atomic mass is 32.2. The fraction of sp³-hybridized carbons (Fsp3) is 0.250. The smallest absolute Gasteiger partial charge is 0.406 e. The van der Waals surface area contributed by atoms with Crippen molar-refractivity contribution >= 4 is 41.4 Å². The van der Waals surface area contributed by atoms with Crippen LogP contribution in [0, 0.1) is 13.8 Å². The summed E-state index contributed by atoms with van der Waals surface area (Å²) in [5.74, 6) is -0.317. The lowest BCUT2D eigenvalue weighted by molar-refractivity contribution is -0.274. The third kappa shape index (κ3) is 8.38. The second kappa shape index (κ2) is 14.0. The molecule has 0 aliphatic heterocycles. The lowest BCUT2D eigenvalue weighted by Crippen LogP contribution is -2.44. The molecule has 0 saturated carbocycles. The Kier molecular flexibility index (Phi) is 10.3. The molecule has 0 spiro atoms. The monoisotopic (exact) mass is 654 g/mol. The first-order valence-electron chi connectivity index (χ1n) is 14.1. The SMILES string of the molecule is Cc1ccc(C(C)C)c(SNC(=O)NC(=O)N(C)c2ccc(-c3nn(C)c(NC(=O)c4ccc(OC(F)(F)F)cc4)c3C)cc2)c1. The van der Waals surface area contributed by atoms with Gasteiger partial charge in [-0.2, -0.15) is 5.10 Å². The number of anilines is 2. The van der Waals surface area contributed by atoms with E-state index in [0.29, 0.717) is 28.3 Å². The number of halogens is 3. The van der Waals surface area contributed by atoms with Gasteiger partial charge >= 0.3 is 18.4 Å². The summed E-state index contributed by atoms with van der Waals surface area (Å²) in [6, 6.07) is 16.2. The van der Waals surface area contributed by atoms with Crippen molar-refractivity contribution in [1.82, 2.24) is 19.8 Å². The molecule has 0 bridgehead atoms. The Hall–Kier alpha value is -4.98. The molecule has 242 valence electrons. The molecule has 3 aromatic carbocycles. The quantitative estimate of drug-likeness (QED) is 0.169. The number of imide groups is 1. The highest BCUT2D eigenvalue weighted by molar-refractivity contribution is 7.98. The van der Waals surface area contributed by atoms with E-state index in [9.17, 15) is 27.6 Å². The lowest BCUT2D eigenvalue weighted by Gasteiger charge is -2.18. The van der Waals surface area contributed by atoms with Crippen molar-refractivity contribution in [1.29, 1.82) is 0 Å². The number of carbonyl (C=O) groups excluding carboxylic acids is 3. The van der Waals surface area contributed by atoms with Crippen LogP contribution in [0.4, 0.5) is 34.3 Å². The summed E-state index contributed by atoms with van der Waals surface area (Å²) in [5.41, 5.74) is 4.71. The normalized spacial score (nSPS) is 11.3. The predicted octanol–water partition coefficient (Wildman–Crippen LogP) is 7.54. The van der Waals surface area contributed by atoms with Crippen molar-refractivity contribution in [3.05, 3.63) is 89.0 Å². The summed E-state index contributed by atoms with van der Waals surface area (Å²) >= 11 is 1.15. The first-order valence-corrected chi connectivity index (χ1v) is 14.9. The largest absolute Gasteiger partial charge is 0.573 e. The third-order valence-corrected chi connectivity index (χ3v) is 7.82. The Bertz CT molecular complexity index is 1740. The van der Waals surface area contributed by atoms with E-state index < -0.39 is 30.1 Å². The summed E-state index contributed by atoms with van der Waals surface area (Å²) < 4.78 is 45.3. The molecular formula is C32H33F3N6O4S. The molecule has 1 heterocycles. The highest BCUT2D eigenvalue weighted by Gasteiger charge is 2.31. The maximum absolute atomic E-state index is 12.8. The number of hydrogen-bond acceptors (Lipinski definition) is 6. The van der Waals surface area contributed by atoms with Crippen molar-refractivity contribution in [3.63, 3.8) is 0 Å². The third-order valence-electron chi connectivity index (χ3n) is 6.96. The molecule has 0 aliphatic carbocycles. The van der Waals surface area contributed by atoms with Gasteiger partial charge in [-0.1, -0.05) is 38.1 Å². The standard InChI is InChI=1S/C32H33F3N6O4S/c1-18(2)25-16-7-19(3)17-26(25)46-39-30(43)37-31(44)40(5)23-12-8-21(9-13-23)27-20(4)28(41(6)38-27)36-29(42)22-10-14-24(15-11-22)45-32(33,34)35/h7-18H,1-6H3,(H,36,42)(H2,37,39,43,44). The van der Waals surface area contributed by atoms with E-state index in [2.05, 4.69) is 39.0 Å². The van der Waals surface area contributed by atoms with E-state index >= 15 is 0 Å². The Labute approximate surface area is 268 Å². The minimum Gasteiger partial charge on any atom is -0.406 e. The molecule has 4 aromatic rings. The second-order valence-electron chi connectivity index (χ2n) is 10.7. The maximum atomic E-state index is 12.8. The summed E-state index contributed by atoms with van der Waals surface area (Å²) in [4.78, 5) is 40.3. The van der Waals surface area contributed by atoms with E-state index in [1.165, 1.54) is 28.8 Å². The van der Waals surface area contributed by atoms with Crippen LogP contribution < -0.4 is 25.0 Å². The summed E-state index contributed by atoms with van der Waals surface area (Å²) in [5, 5.41) is 9.58. The summed E-state index contributed by atoms with van der Waals surface area (Å²) in [7, 11) is 3.18. The van der Waals surface area contributed by atoms with Gasteiger partial charge in [-0.25, -0.2) is 9.59 Å². The van der Waals surface area contributed by atoms with E-state index in [-0.39, 0.29) is 11.5 Å². The molecule has 0 saturated heterocycles. The van der Waals surface area contributed by atoms with Crippen LogP contribution in [0.5, 0.6) is 5.75 Å². The molecule has 1 aromatic heterocycles. The molecule has 0 aliphatic rings. The Morgan fingerprint density at radius 3 is 2.24 bits per heavy atom. The van der Waals surface area contributed by atoms with Crippen LogP contribution in [0.1, 0.15) is 46.8 Å². The topological polar surface area (TPSA) is 118 Å². The van der Waals surface area contributed by atoms with Crippen LogP contribution in [-0.2, 0) is 7.05 Å². The molecule has 0 fully saturated rings. The second-order valence-corrected chi connectivity index (χ2v) is 11.6. The average molecular weight is 655 g/mol. The van der Waals surface area contributed by atoms with Gasteiger partial charge < -0.3 is 10.1 Å². The number of aromatic nitrogens is 2. The molecule has 0 radical (unpaired) electrons. The first-order chi connectivity index (χ1) is 21.6. The van der Waals surface area contributed by atoms with Gasteiger partial charge in [-0.15, -0.1) is 13.2 Å². The van der Waals surface area contributed by atoms with E-state index in [4.69, 9.17) is 0 Å². The number of alkyl halides is 3. The Morgan fingerprint density at radius 2 is 1.63 bits per heavy atom. The lowest BCUT2D eigenvalue weighted by atomic mass is 10.0. The molecule has 5 amide bonds. The molecule has 0 atom stereocenters. The number of urea groups is 2. The molecular weight excluding hydrogens is 621 g/mol. The number of amides is 5. The van der Waals surface area contributed by atoms with Crippen molar-refractivity contribution in [3.8, 4) is 17.0 Å². The van der Waals surface area contributed by atoms with Crippen LogP contribution in [0.3, 0.4) is 0 Å². The minimum atomic E-state index is -4.83. The van der Waals surface area contributed by atoms with Crippen LogP contribution >= 0.6 is 11.9 Å². The first kappa shape index (κ1) is 33.9. The number of ether oxygens (including phenoxy) is 1. The van der Waals surface area contributed by atoms with Crippen LogP contribution in [0.25, 0.3) is 11.3 Å². The van der Waals surface area contributed by atoms with Crippen molar-refractivity contribution in [2.24, 2.45) is 7.05 Å². The molecule has 10 nitrogen and oxygen atoms in total. The van der Waals surface area contributed by atoms with Gasteiger partial charge in [0.2, 0.25) is 0 Å². The molecule has 4 rings (SSSR count). The van der Waals surface area contributed by atoms with Gasteiger partial charge in [0, 0.05) is 41.4 Å². The number of hydrogen-bond donors (Lipinski definition) is 3. The van der Waals surface area contributed by atoms with Gasteiger partial charge in [0.15, 0.2) is 0 Å². The minimum absolute atomic E-state index is 0.130. The van der Waals surface area contributed by atoms with Gasteiger partial charge in [0.25, 0.3) is 5.91 Å². The van der Waals surface area contributed by atoms with E-state index in [1.807, 2.05) is 25.1 Å². The highest BCUT2D eigenvalue weighted by Crippen LogP contribution is 2.30. The predicted molar refractivity (Wildman–Crippen MR) is 171 cm³/mol. The van der Waals surface area contributed by atoms with Crippen molar-refractivity contribution in [2.45, 2.75) is 44.9 Å². The number of rotatable bonds is 8. The summed E-state index contributed by atoms with van der Waals surface area (Å²) in [6.45, 7) is 7.87. The van der Waals surface area contributed by atoms with Crippen LogP contribution in [0.15, 0.2) is 71.6 Å². The molecule has 0 unspecified atom stereocenters. The van der Waals surface area contributed by atoms with Gasteiger partial charge in [0.1, 0.15) is 11.6 Å². The van der Waals surface area contributed by atoms with E-state index in [1.54, 1.807) is 38.2 Å². The molecule has 3 N–H and O–H groups in total. The Morgan fingerprint density at radius 1 is 0.978 bits per heavy atom. The number of carbonyl (C=O) groups is 3. The zero-order chi connectivity index (χ0) is 33.8. The van der Waals surface area contributed by atoms with Crippen LogP contribution in [0.2, 0.25) is 0 Å². The fourth-order valence-electron chi connectivity index (χ4n) is 4.54. The number of aryl methyl sites for hydroxylation is 2. The van der Waals surface area contributed by atoms with Gasteiger partial charge in [-0.05, 0) is 85.3 Å². The van der Waals surface area contributed by atoms with Crippen LogP contribution in [-0.4, -0.2) is 41.2 Å². The maximum Gasteiger partial charge on any atom is 0.573 e.